The van der Waals surface area contributed by atoms with Gasteiger partial charge in [-0.05, 0) is 60.2 Å². The Bertz CT molecular complexity index is 3510. The van der Waals surface area contributed by atoms with Crippen molar-refractivity contribution in [2.75, 3.05) is 0 Å². The van der Waals surface area contributed by atoms with E-state index in [-0.39, 0.29) is 0 Å². The fraction of sp³-hybridized carbons (Fsp3) is 0. The van der Waals surface area contributed by atoms with Gasteiger partial charge >= 0.3 is 0 Å². The van der Waals surface area contributed by atoms with Crippen molar-refractivity contribution in [3.8, 4) is 45.5 Å². The summed E-state index contributed by atoms with van der Waals surface area (Å²) in [6.45, 7) is 0. The Labute approximate surface area is 331 Å². The van der Waals surface area contributed by atoms with E-state index < -0.39 is 0 Å². The second kappa shape index (κ2) is 12.6. The molecule has 0 N–H and O–H groups in total. The molecule has 0 saturated carbocycles. The highest BCUT2D eigenvalue weighted by atomic mass is 32.1. The average Bonchev–Trinajstić information content (AvgIpc) is 3.94. The SMILES string of the molecule is c1ccc(-c2nc(-c3ccc4sc5ccccc5c4c3)nc(-n3c4ccccc4c4c3c(-c3ccccc3)cc3c5ccccc5n(-c5ccccc5)c34)n2)cc1. The van der Waals surface area contributed by atoms with Gasteiger partial charge in [0, 0.05) is 64.1 Å². The summed E-state index contributed by atoms with van der Waals surface area (Å²) in [4.78, 5) is 16.0. The van der Waals surface area contributed by atoms with Gasteiger partial charge in [-0.1, -0.05) is 133 Å². The van der Waals surface area contributed by atoms with Crippen molar-refractivity contribution < 1.29 is 0 Å². The van der Waals surface area contributed by atoms with Crippen LogP contribution >= 0.6 is 11.3 Å². The summed E-state index contributed by atoms with van der Waals surface area (Å²) in [5.41, 5.74) is 9.61. The molecule has 0 bridgehead atoms. The minimum absolute atomic E-state index is 0.569. The van der Waals surface area contributed by atoms with E-state index in [1.54, 1.807) is 0 Å². The molecule has 0 aliphatic heterocycles. The molecule has 12 rings (SSSR count). The van der Waals surface area contributed by atoms with Gasteiger partial charge in [-0.2, -0.15) is 9.97 Å². The second-order valence-corrected chi connectivity index (χ2v) is 15.5. The van der Waals surface area contributed by atoms with E-state index in [0.717, 1.165) is 60.8 Å². The van der Waals surface area contributed by atoms with Crippen LogP contribution in [-0.2, 0) is 0 Å². The molecule has 266 valence electrons. The minimum Gasteiger partial charge on any atom is -0.309 e. The number of para-hydroxylation sites is 3. The predicted molar refractivity (Wildman–Crippen MR) is 238 cm³/mol. The van der Waals surface area contributed by atoms with Crippen LogP contribution in [0.2, 0.25) is 0 Å². The maximum absolute atomic E-state index is 5.42. The normalized spacial score (nSPS) is 11.9. The Morgan fingerprint density at radius 3 is 1.70 bits per heavy atom. The number of aromatic nitrogens is 5. The van der Waals surface area contributed by atoms with Gasteiger partial charge in [0.05, 0.1) is 22.1 Å². The molecule has 8 aromatic carbocycles. The van der Waals surface area contributed by atoms with Crippen LogP contribution < -0.4 is 0 Å². The van der Waals surface area contributed by atoms with Crippen LogP contribution in [0.5, 0.6) is 0 Å². The fourth-order valence-electron chi connectivity index (χ4n) is 8.67. The zero-order valence-electron chi connectivity index (χ0n) is 30.5. The zero-order valence-corrected chi connectivity index (χ0v) is 31.4. The highest BCUT2D eigenvalue weighted by molar-refractivity contribution is 7.25. The first-order valence-corrected chi connectivity index (χ1v) is 19.9. The molecule has 12 aromatic rings. The van der Waals surface area contributed by atoms with Gasteiger partial charge in [-0.25, -0.2) is 4.98 Å². The van der Waals surface area contributed by atoms with E-state index in [4.69, 9.17) is 15.0 Å². The lowest BCUT2D eigenvalue weighted by molar-refractivity contribution is 0.954. The Morgan fingerprint density at radius 1 is 0.368 bits per heavy atom. The quantitative estimate of drug-likeness (QED) is 0.176. The summed E-state index contributed by atoms with van der Waals surface area (Å²) in [5.74, 6) is 1.82. The van der Waals surface area contributed by atoms with E-state index in [9.17, 15) is 0 Å². The first kappa shape index (κ1) is 31.9. The largest absolute Gasteiger partial charge is 0.309 e. The van der Waals surface area contributed by atoms with Crippen LogP contribution in [0.25, 0.3) is 109 Å². The van der Waals surface area contributed by atoms with Gasteiger partial charge in [0.2, 0.25) is 5.95 Å². The average molecular weight is 746 g/mol. The van der Waals surface area contributed by atoms with E-state index in [1.807, 2.05) is 29.5 Å². The monoisotopic (exact) mass is 745 g/mol. The summed E-state index contributed by atoms with van der Waals surface area (Å²) < 4.78 is 7.21. The maximum atomic E-state index is 5.42. The summed E-state index contributed by atoms with van der Waals surface area (Å²) in [6, 6.07) is 66.6. The molecule has 0 saturated heterocycles. The van der Waals surface area contributed by atoms with Crippen LogP contribution in [-0.4, -0.2) is 24.1 Å². The number of hydrogen-bond donors (Lipinski definition) is 0. The zero-order chi connectivity index (χ0) is 37.5. The highest BCUT2D eigenvalue weighted by Crippen LogP contribution is 2.46. The summed E-state index contributed by atoms with van der Waals surface area (Å²) in [5, 5.41) is 7.13. The number of rotatable bonds is 5. The van der Waals surface area contributed by atoms with E-state index in [1.165, 1.54) is 30.9 Å². The molecule has 6 heteroatoms. The molecular formula is C51H31N5S. The summed E-state index contributed by atoms with van der Waals surface area (Å²) >= 11 is 1.81. The van der Waals surface area contributed by atoms with Crippen molar-refractivity contribution in [3.63, 3.8) is 0 Å². The lowest BCUT2D eigenvalue weighted by atomic mass is 9.98. The Hall–Kier alpha value is -7.41. The summed E-state index contributed by atoms with van der Waals surface area (Å²) in [7, 11) is 0. The molecule has 0 amide bonds. The molecule has 0 radical (unpaired) electrons. The standard InChI is InChI=1S/C51H31N5S/c1-4-16-32(17-5-1)39-31-41-36-22-10-13-25-42(36)55(35-20-8-3-9-21-35)48(41)46-38-24-11-14-26-43(38)56(47(39)46)51-53-49(33-18-6-2-7-19-33)52-50(54-51)34-28-29-45-40(30-34)37-23-12-15-27-44(37)57-45/h1-31H. The smallest absolute Gasteiger partial charge is 0.238 e. The molecule has 0 spiro atoms. The number of nitrogens with zero attached hydrogens (tertiary/aromatic N) is 5. The van der Waals surface area contributed by atoms with Crippen molar-refractivity contribution in [1.29, 1.82) is 0 Å². The molecule has 5 nitrogen and oxygen atoms in total. The lowest BCUT2D eigenvalue weighted by Gasteiger charge is -2.14. The van der Waals surface area contributed by atoms with Gasteiger partial charge in [-0.3, -0.25) is 4.57 Å². The highest BCUT2D eigenvalue weighted by Gasteiger charge is 2.26. The molecule has 0 fully saturated rings. The molecule has 0 aliphatic carbocycles. The van der Waals surface area contributed by atoms with Gasteiger partial charge in [0.15, 0.2) is 11.6 Å². The Balaban J connectivity index is 1.24. The van der Waals surface area contributed by atoms with Crippen molar-refractivity contribution in [2.45, 2.75) is 0 Å². The first-order chi connectivity index (χ1) is 28.3. The Kier molecular flexibility index (Phi) is 7.03. The first-order valence-electron chi connectivity index (χ1n) is 19.1. The van der Waals surface area contributed by atoms with Crippen LogP contribution in [0.1, 0.15) is 0 Å². The third-order valence-electron chi connectivity index (χ3n) is 11.2. The van der Waals surface area contributed by atoms with Gasteiger partial charge in [0.25, 0.3) is 0 Å². The summed E-state index contributed by atoms with van der Waals surface area (Å²) in [6.07, 6.45) is 0. The van der Waals surface area contributed by atoms with Crippen LogP contribution in [0, 0.1) is 0 Å². The molecular weight excluding hydrogens is 715 g/mol. The van der Waals surface area contributed by atoms with Crippen molar-refractivity contribution >= 4 is 75.1 Å². The van der Waals surface area contributed by atoms with Crippen LogP contribution in [0.3, 0.4) is 0 Å². The number of hydrogen-bond acceptors (Lipinski definition) is 4. The van der Waals surface area contributed by atoms with Crippen LogP contribution in [0.15, 0.2) is 188 Å². The number of fused-ring (bicyclic) bond motifs is 10. The second-order valence-electron chi connectivity index (χ2n) is 14.4. The Morgan fingerprint density at radius 2 is 0.947 bits per heavy atom. The van der Waals surface area contributed by atoms with Crippen molar-refractivity contribution in [2.24, 2.45) is 0 Å². The third-order valence-corrected chi connectivity index (χ3v) is 12.3. The molecule has 4 heterocycles. The van der Waals surface area contributed by atoms with E-state index in [0.29, 0.717) is 17.6 Å². The molecule has 0 aliphatic rings. The van der Waals surface area contributed by atoms with Gasteiger partial charge < -0.3 is 4.57 Å². The maximum Gasteiger partial charge on any atom is 0.238 e. The molecule has 0 atom stereocenters. The third kappa shape index (κ3) is 4.91. The van der Waals surface area contributed by atoms with Gasteiger partial charge in [-0.15, -0.1) is 11.3 Å². The van der Waals surface area contributed by atoms with Crippen molar-refractivity contribution in [3.05, 3.63) is 188 Å². The minimum atomic E-state index is 0.569. The molecule has 4 aromatic heterocycles. The number of benzene rings is 8. The molecule has 57 heavy (non-hydrogen) atoms. The topological polar surface area (TPSA) is 48.5 Å². The fourth-order valence-corrected chi connectivity index (χ4v) is 9.76. The van der Waals surface area contributed by atoms with Crippen molar-refractivity contribution in [1.82, 2.24) is 24.1 Å². The number of thiophene rings is 1. The van der Waals surface area contributed by atoms with E-state index >= 15 is 0 Å². The molecule has 0 unspecified atom stereocenters. The van der Waals surface area contributed by atoms with Crippen LogP contribution in [0.4, 0.5) is 0 Å². The van der Waals surface area contributed by atoms with Gasteiger partial charge in [0.1, 0.15) is 0 Å². The lowest BCUT2D eigenvalue weighted by Crippen LogP contribution is -2.07. The predicted octanol–water partition coefficient (Wildman–Crippen LogP) is 13.4. The van der Waals surface area contributed by atoms with E-state index in [2.05, 4.69) is 179 Å².